The molecule has 1 saturated carbocycles. The van der Waals surface area contributed by atoms with E-state index >= 15 is 0 Å². The van der Waals surface area contributed by atoms with Crippen LogP contribution in [0.5, 0.6) is 0 Å². The normalized spacial score (nSPS) is 20.7. The first-order valence-electron chi connectivity index (χ1n) is 8.11. The highest BCUT2D eigenvalue weighted by Gasteiger charge is 2.37. The number of aryl methyl sites for hydroxylation is 1. The van der Waals surface area contributed by atoms with E-state index in [9.17, 15) is 13.2 Å². The smallest absolute Gasteiger partial charge is 0.241 e. The molecule has 1 heterocycles. The third-order valence-electron chi connectivity index (χ3n) is 4.81. The van der Waals surface area contributed by atoms with Gasteiger partial charge in [-0.15, -0.1) is 0 Å². The lowest BCUT2D eigenvalue weighted by Crippen LogP contribution is -2.51. The fraction of sp³-hybridized carbons (Fsp3) is 0.562. The van der Waals surface area contributed by atoms with Crippen LogP contribution >= 0.6 is 0 Å². The maximum atomic E-state index is 12.7. The topological polar surface area (TPSA) is 101 Å². The van der Waals surface area contributed by atoms with Gasteiger partial charge in [0.25, 0.3) is 0 Å². The maximum Gasteiger partial charge on any atom is 0.241 e. The lowest BCUT2D eigenvalue weighted by Gasteiger charge is -2.28. The molecule has 23 heavy (non-hydrogen) atoms. The second kappa shape index (κ2) is 6.22. The number of hydrogen-bond donors (Lipinski definition) is 3. The van der Waals surface area contributed by atoms with Crippen LogP contribution in [0, 0.1) is 0 Å². The largest absolute Gasteiger partial charge is 0.329 e. The number of benzene rings is 1. The lowest BCUT2D eigenvalue weighted by atomic mass is 10.0. The van der Waals surface area contributed by atoms with E-state index in [0.29, 0.717) is 25.1 Å². The Balaban J connectivity index is 1.88. The van der Waals surface area contributed by atoms with E-state index in [1.807, 2.05) is 0 Å². The van der Waals surface area contributed by atoms with Gasteiger partial charge < -0.3 is 11.1 Å². The van der Waals surface area contributed by atoms with Crippen LogP contribution in [0.1, 0.15) is 44.1 Å². The molecule has 7 heteroatoms. The van der Waals surface area contributed by atoms with Gasteiger partial charge in [-0.05, 0) is 49.4 Å². The molecule has 126 valence electrons. The van der Waals surface area contributed by atoms with Crippen molar-refractivity contribution in [3.05, 3.63) is 23.8 Å². The van der Waals surface area contributed by atoms with Crippen LogP contribution in [0.25, 0.3) is 0 Å². The van der Waals surface area contributed by atoms with Gasteiger partial charge in [-0.3, -0.25) is 4.79 Å². The molecule has 1 amide bonds. The molecule has 0 saturated heterocycles. The highest BCUT2D eigenvalue weighted by molar-refractivity contribution is 7.89. The Morgan fingerprint density at radius 3 is 2.61 bits per heavy atom. The minimum atomic E-state index is -3.62. The second-order valence-electron chi connectivity index (χ2n) is 6.52. The standard InChI is InChI=1S/C16H23N3O3S/c17-11-16(8-1-2-9-16)19-23(21,22)13-6-7-14-12(10-13)4-3-5-15(20)18-14/h6-7,10,19H,1-5,8-9,11,17H2,(H,18,20). The Morgan fingerprint density at radius 2 is 1.91 bits per heavy atom. The summed E-state index contributed by atoms with van der Waals surface area (Å²) in [5.41, 5.74) is 6.89. The van der Waals surface area contributed by atoms with Gasteiger partial charge in [0.1, 0.15) is 0 Å². The van der Waals surface area contributed by atoms with Crippen molar-refractivity contribution in [2.75, 3.05) is 11.9 Å². The summed E-state index contributed by atoms with van der Waals surface area (Å²) in [7, 11) is -3.62. The van der Waals surface area contributed by atoms with Gasteiger partial charge in [-0.1, -0.05) is 12.8 Å². The number of hydrogen-bond acceptors (Lipinski definition) is 4. The fourth-order valence-corrected chi connectivity index (χ4v) is 4.98. The summed E-state index contributed by atoms with van der Waals surface area (Å²) in [6.07, 6.45) is 5.44. The van der Waals surface area contributed by atoms with Crippen LogP contribution in [-0.4, -0.2) is 26.4 Å². The molecule has 1 fully saturated rings. The van der Waals surface area contributed by atoms with Crippen LogP contribution in [0.4, 0.5) is 5.69 Å². The third-order valence-corrected chi connectivity index (χ3v) is 6.39. The minimum absolute atomic E-state index is 0.0227. The Labute approximate surface area is 136 Å². The van der Waals surface area contributed by atoms with Crippen molar-refractivity contribution in [3.8, 4) is 0 Å². The molecule has 0 spiro atoms. The van der Waals surface area contributed by atoms with Gasteiger partial charge in [0.15, 0.2) is 0 Å². The Hall–Kier alpha value is -1.44. The molecular formula is C16H23N3O3S. The van der Waals surface area contributed by atoms with E-state index in [1.165, 1.54) is 0 Å². The zero-order valence-corrected chi connectivity index (χ0v) is 13.9. The molecule has 0 bridgehead atoms. The number of sulfonamides is 1. The van der Waals surface area contributed by atoms with Crippen LogP contribution in [0.3, 0.4) is 0 Å². The average molecular weight is 337 g/mol. The van der Waals surface area contributed by atoms with Crippen molar-refractivity contribution in [3.63, 3.8) is 0 Å². The van der Waals surface area contributed by atoms with Crippen molar-refractivity contribution < 1.29 is 13.2 Å². The Morgan fingerprint density at radius 1 is 1.17 bits per heavy atom. The average Bonchev–Trinajstić information content (AvgIpc) is 2.88. The molecule has 6 nitrogen and oxygen atoms in total. The highest BCUT2D eigenvalue weighted by atomic mass is 32.2. The summed E-state index contributed by atoms with van der Waals surface area (Å²) in [5.74, 6) is -0.0227. The van der Waals surface area contributed by atoms with E-state index in [1.54, 1.807) is 18.2 Å². The molecule has 0 aromatic heterocycles. The predicted octanol–water partition coefficient (Wildman–Crippen LogP) is 1.51. The number of amides is 1. The summed E-state index contributed by atoms with van der Waals surface area (Å²) < 4.78 is 28.3. The van der Waals surface area contributed by atoms with Gasteiger partial charge >= 0.3 is 0 Å². The zero-order chi connectivity index (χ0) is 16.5. The molecule has 0 radical (unpaired) electrons. The number of carbonyl (C=O) groups is 1. The number of nitrogens with one attached hydrogen (secondary N) is 2. The second-order valence-corrected chi connectivity index (χ2v) is 8.20. The third kappa shape index (κ3) is 3.41. The van der Waals surface area contributed by atoms with E-state index in [2.05, 4.69) is 10.0 Å². The molecule has 4 N–H and O–H groups in total. The SMILES string of the molecule is NCC1(NS(=O)(=O)c2ccc3c(c2)CCCC(=O)N3)CCCC1. The van der Waals surface area contributed by atoms with Crippen molar-refractivity contribution >= 4 is 21.6 Å². The van der Waals surface area contributed by atoms with Gasteiger partial charge in [-0.25, -0.2) is 13.1 Å². The van der Waals surface area contributed by atoms with Crippen molar-refractivity contribution in [2.24, 2.45) is 5.73 Å². The maximum absolute atomic E-state index is 12.7. The van der Waals surface area contributed by atoms with Gasteiger partial charge in [0, 0.05) is 24.2 Å². The number of carbonyl (C=O) groups excluding carboxylic acids is 1. The fourth-order valence-electron chi connectivity index (χ4n) is 3.46. The zero-order valence-electron chi connectivity index (χ0n) is 13.1. The molecule has 1 aliphatic heterocycles. The van der Waals surface area contributed by atoms with Crippen molar-refractivity contribution in [2.45, 2.75) is 55.4 Å². The van der Waals surface area contributed by atoms with Crippen molar-refractivity contribution in [1.29, 1.82) is 0 Å². The molecule has 1 aromatic carbocycles. The molecule has 0 atom stereocenters. The van der Waals surface area contributed by atoms with Gasteiger partial charge in [0.05, 0.1) is 4.90 Å². The first-order chi connectivity index (χ1) is 10.9. The Bertz CT molecular complexity index is 709. The summed E-state index contributed by atoms with van der Waals surface area (Å²) in [6.45, 7) is 0.313. The summed E-state index contributed by atoms with van der Waals surface area (Å²) in [5, 5.41) is 2.82. The summed E-state index contributed by atoms with van der Waals surface area (Å²) in [4.78, 5) is 11.8. The molecule has 2 aliphatic rings. The Kier molecular flexibility index (Phi) is 4.44. The van der Waals surface area contributed by atoms with Crippen molar-refractivity contribution in [1.82, 2.24) is 4.72 Å². The molecule has 0 unspecified atom stereocenters. The number of nitrogens with two attached hydrogens (primary N) is 1. The highest BCUT2D eigenvalue weighted by Crippen LogP contribution is 2.31. The van der Waals surface area contributed by atoms with Crippen LogP contribution in [-0.2, 0) is 21.2 Å². The molecule has 1 aliphatic carbocycles. The minimum Gasteiger partial charge on any atom is -0.329 e. The summed E-state index contributed by atoms with van der Waals surface area (Å²) in [6, 6.07) is 4.89. The monoisotopic (exact) mass is 337 g/mol. The van der Waals surface area contributed by atoms with E-state index in [-0.39, 0.29) is 10.8 Å². The quantitative estimate of drug-likeness (QED) is 0.775. The van der Waals surface area contributed by atoms with E-state index in [4.69, 9.17) is 5.73 Å². The summed E-state index contributed by atoms with van der Waals surface area (Å²) >= 11 is 0. The number of anilines is 1. The molecule has 1 aromatic rings. The molecule has 3 rings (SSSR count). The van der Waals surface area contributed by atoms with Crippen LogP contribution in [0.15, 0.2) is 23.1 Å². The van der Waals surface area contributed by atoms with Crippen LogP contribution < -0.4 is 15.8 Å². The van der Waals surface area contributed by atoms with Gasteiger partial charge in [-0.2, -0.15) is 0 Å². The van der Waals surface area contributed by atoms with Gasteiger partial charge in [0.2, 0.25) is 15.9 Å². The van der Waals surface area contributed by atoms with E-state index < -0.39 is 15.6 Å². The first kappa shape index (κ1) is 16.4. The predicted molar refractivity (Wildman–Crippen MR) is 88.6 cm³/mol. The lowest BCUT2D eigenvalue weighted by molar-refractivity contribution is -0.116. The number of rotatable bonds is 4. The van der Waals surface area contributed by atoms with Crippen LogP contribution in [0.2, 0.25) is 0 Å². The molecular weight excluding hydrogens is 314 g/mol. The first-order valence-corrected chi connectivity index (χ1v) is 9.59. The number of fused-ring (bicyclic) bond motifs is 1. The van der Waals surface area contributed by atoms with E-state index in [0.717, 1.165) is 37.7 Å².